The molecule has 0 fully saturated rings. The topological polar surface area (TPSA) is 86.2 Å². The van der Waals surface area contributed by atoms with E-state index in [4.69, 9.17) is 5.73 Å². The number of carbonyl (C=O) groups excluding carboxylic acids is 1. The van der Waals surface area contributed by atoms with Crippen LogP contribution in [0.15, 0.2) is 12.1 Å². The number of benzene rings is 1. The molecule has 2 N–H and O–H groups in total. The maximum Gasteiger partial charge on any atom is 0.423 e. The van der Waals surface area contributed by atoms with Crippen LogP contribution in [0.25, 0.3) is 0 Å². The second kappa shape index (κ2) is 4.47. The van der Waals surface area contributed by atoms with Crippen molar-refractivity contribution in [2.45, 2.75) is 6.18 Å². The summed E-state index contributed by atoms with van der Waals surface area (Å²) in [5.41, 5.74) is 1.14. The van der Waals surface area contributed by atoms with Crippen LogP contribution in [0, 0.1) is 13.7 Å². The minimum atomic E-state index is -5.02. The van der Waals surface area contributed by atoms with Gasteiger partial charge in [-0.25, -0.2) is 0 Å². The normalized spacial score (nSPS) is 11.3. The standard InChI is InChI=1S/C8H4F3IN2O3/c9-8(10,11)6-4(14(16)17)2-1-3(12)5(6)7(13)15/h1-2H,(H2,13,15). The summed E-state index contributed by atoms with van der Waals surface area (Å²) < 4.78 is 38.0. The van der Waals surface area contributed by atoms with Gasteiger partial charge in [-0.05, 0) is 28.7 Å². The Morgan fingerprint density at radius 2 is 1.94 bits per heavy atom. The predicted molar refractivity (Wildman–Crippen MR) is 59.3 cm³/mol. The first-order valence-corrected chi connectivity index (χ1v) is 5.08. The van der Waals surface area contributed by atoms with Crippen molar-refractivity contribution in [3.8, 4) is 0 Å². The lowest BCUT2D eigenvalue weighted by atomic mass is 10.0. The zero-order chi connectivity index (χ0) is 13.4. The van der Waals surface area contributed by atoms with E-state index in [-0.39, 0.29) is 3.57 Å². The summed E-state index contributed by atoms with van der Waals surface area (Å²) in [6.45, 7) is 0. The zero-order valence-corrected chi connectivity index (χ0v) is 10.1. The average Bonchev–Trinajstić information content (AvgIpc) is 2.14. The highest BCUT2D eigenvalue weighted by Gasteiger charge is 2.43. The highest BCUT2D eigenvalue weighted by Crippen LogP contribution is 2.39. The Balaban J connectivity index is 3.75. The number of nitrogens with two attached hydrogens (primary N) is 1. The van der Waals surface area contributed by atoms with Crippen molar-refractivity contribution in [2.24, 2.45) is 5.73 Å². The molecule has 0 radical (unpaired) electrons. The fraction of sp³-hybridized carbons (Fsp3) is 0.125. The maximum absolute atomic E-state index is 12.7. The Morgan fingerprint density at radius 1 is 1.41 bits per heavy atom. The SMILES string of the molecule is NC(=O)c1c(I)ccc([N+](=O)[O-])c1C(F)(F)F. The van der Waals surface area contributed by atoms with Gasteiger partial charge in [0, 0.05) is 9.64 Å². The average molecular weight is 360 g/mol. The molecular formula is C8H4F3IN2O3. The first-order valence-electron chi connectivity index (χ1n) is 4.00. The van der Waals surface area contributed by atoms with Gasteiger partial charge < -0.3 is 5.73 Å². The largest absolute Gasteiger partial charge is 0.423 e. The van der Waals surface area contributed by atoms with Gasteiger partial charge in [0.1, 0.15) is 5.56 Å². The molecule has 0 aromatic heterocycles. The van der Waals surface area contributed by atoms with Gasteiger partial charge in [0.2, 0.25) is 0 Å². The van der Waals surface area contributed by atoms with Gasteiger partial charge in [0.25, 0.3) is 11.6 Å². The minimum Gasteiger partial charge on any atom is -0.366 e. The molecule has 0 aliphatic rings. The minimum absolute atomic E-state index is 0.0898. The van der Waals surface area contributed by atoms with Gasteiger partial charge >= 0.3 is 6.18 Å². The predicted octanol–water partition coefficient (Wildman–Crippen LogP) is 2.32. The molecule has 0 saturated heterocycles. The smallest absolute Gasteiger partial charge is 0.366 e. The third-order valence-electron chi connectivity index (χ3n) is 1.86. The number of nitro benzene ring substituents is 1. The van der Waals surface area contributed by atoms with Gasteiger partial charge in [-0.2, -0.15) is 13.2 Å². The van der Waals surface area contributed by atoms with Crippen LogP contribution in [-0.4, -0.2) is 10.8 Å². The Hall–Kier alpha value is -1.39. The van der Waals surface area contributed by atoms with Crippen LogP contribution >= 0.6 is 22.6 Å². The molecule has 0 atom stereocenters. The van der Waals surface area contributed by atoms with Crippen molar-refractivity contribution in [1.82, 2.24) is 0 Å². The number of halogens is 4. The lowest BCUT2D eigenvalue weighted by molar-refractivity contribution is -0.388. The van der Waals surface area contributed by atoms with Gasteiger partial charge in [0.15, 0.2) is 0 Å². The highest BCUT2D eigenvalue weighted by molar-refractivity contribution is 14.1. The number of amides is 1. The first kappa shape index (κ1) is 13.7. The first-order chi connectivity index (χ1) is 7.66. The third kappa shape index (κ3) is 2.65. The van der Waals surface area contributed by atoms with Crippen molar-refractivity contribution in [2.75, 3.05) is 0 Å². The van der Waals surface area contributed by atoms with E-state index in [0.717, 1.165) is 6.07 Å². The highest BCUT2D eigenvalue weighted by atomic mass is 127. The lowest BCUT2D eigenvalue weighted by Crippen LogP contribution is -2.21. The molecule has 17 heavy (non-hydrogen) atoms. The summed E-state index contributed by atoms with van der Waals surface area (Å²) in [5.74, 6) is -1.36. The van der Waals surface area contributed by atoms with E-state index in [1.807, 2.05) is 0 Å². The summed E-state index contributed by atoms with van der Waals surface area (Å²) in [6, 6.07) is 1.73. The molecular weight excluding hydrogens is 356 g/mol. The summed E-state index contributed by atoms with van der Waals surface area (Å²) in [7, 11) is 0. The van der Waals surface area contributed by atoms with Crippen LogP contribution in [0.1, 0.15) is 15.9 Å². The number of nitro groups is 1. The Morgan fingerprint density at radius 3 is 2.29 bits per heavy atom. The molecule has 1 aromatic rings. The fourth-order valence-electron chi connectivity index (χ4n) is 1.25. The molecule has 0 heterocycles. The molecule has 0 bridgehead atoms. The van der Waals surface area contributed by atoms with Gasteiger partial charge in [0.05, 0.1) is 10.5 Å². The number of carbonyl (C=O) groups is 1. The summed E-state index contributed by atoms with van der Waals surface area (Å²) in [4.78, 5) is 20.3. The summed E-state index contributed by atoms with van der Waals surface area (Å²) in [5, 5.41) is 10.5. The Kier molecular flexibility index (Phi) is 3.59. The molecule has 0 aliphatic carbocycles. The number of rotatable bonds is 2. The molecule has 1 amide bonds. The summed E-state index contributed by atoms with van der Waals surface area (Å²) >= 11 is 1.46. The fourth-order valence-corrected chi connectivity index (χ4v) is 1.96. The quantitative estimate of drug-likeness (QED) is 0.499. The Labute approximate surface area is 106 Å². The van der Waals surface area contributed by atoms with Crippen molar-refractivity contribution < 1.29 is 22.9 Å². The van der Waals surface area contributed by atoms with E-state index in [0.29, 0.717) is 6.07 Å². The molecule has 9 heteroatoms. The third-order valence-corrected chi connectivity index (χ3v) is 2.76. The number of nitrogens with zero attached hydrogens (tertiary/aromatic N) is 1. The van der Waals surface area contributed by atoms with Crippen LogP contribution in [0.3, 0.4) is 0 Å². The summed E-state index contributed by atoms with van der Waals surface area (Å²) in [6.07, 6.45) is -5.02. The van der Waals surface area contributed by atoms with E-state index in [1.54, 1.807) is 0 Å². The zero-order valence-electron chi connectivity index (χ0n) is 7.92. The lowest BCUT2D eigenvalue weighted by Gasteiger charge is -2.12. The van der Waals surface area contributed by atoms with Crippen LogP contribution in [0.4, 0.5) is 18.9 Å². The second-order valence-corrected chi connectivity index (χ2v) is 4.10. The van der Waals surface area contributed by atoms with E-state index < -0.39 is 33.8 Å². The molecule has 0 aliphatic heterocycles. The van der Waals surface area contributed by atoms with Crippen molar-refractivity contribution in [3.63, 3.8) is 0 Å². The van der Waals surface area contributed by atoms with Crippen LogP contribution < -0.4 is 5.73 Å². The van der Waals surface area contributed by atoms with E-state index in [2.05, 4.69) is 0 Å². The number of hydrogen-bond acceptors (Lipinski definition) is 3. The van der Waals surface area contributed by atoms with E-state index in [9.17, 15) is 28.1 Å². The molecule has 92 valence electrons. The number of alkyl halides is 3. The Bertz CT molecular complexity index is 502. The van der Waals surface area contributed by atoms with E-state index >= 15 is 0 Å². The second-order valence-electron chi connectivity index (χ2n) is 2.94. The molecule has 0 saturated carbocycles. The van der Waals surface area contributed by atoms with E-state index in [1.165, 1.54) is 22.6 Å². The molecule has 0 unspecified atom stereocenters. The monoisotopic (exact) mass is 360 g/mol. The number of primary amides is 1. The van der Waals surface area contributed by atoms with Gasteiger partial charge in [-0.3, -0.25) is 14.9 Å². The van der Waals surface area contributed by atoms with Crippen LogP contribution in [-0.2, 0) is 6.18 Å². The van der Waals surface area contributed by atoms with Crippen molar-refractivity contribution >= 4 is 34.2 Å². The number of hydrogen-bond donors (Lipinski definition) is 1. The van der Waals surface area contributed by atoms with Crippen LogP contribution in [0.2, 0.25) is 0 Å². The van der Waals surface area contributed by atoms with Crippen LogP contribution in [0.5, 0.6) is 0 Å². The van der Waals surface area contributed by atoms with Crippen molar-refractivity contribution in [3.05, 3.63) is 36.9 Å². The van der Waals surface area contributed by atoms with Gasteiger partial charge in [-0.1, -0.05) is 0 Å². The molecule has 1 rings (SSSR count). The van der Waals surface area contributed by atoms with Gasteiger partial charge in [-0.15, -0.1) is 0 Å². The van der Waals surface area contributed by atoms with Crippen molar-refractivity contribution in [1.29, 1.82) is 0 Å². The molecule has 5 nitrogen and oxygen atoms in total. The maximum atomic E-state index is 12.7. The molecule has 0 spiro atoms. The molecule has 1 aromatic carbocycles.